The topological polar surface area (TPSA) is 80.5 Å². The molecule has 2 aromatic heterocycles. The molecule has 0 amide bonds. The third kappa shape index (κ3) is 1.77. The van der Waals surface area contributed by atoms with Crippen molar-refractivity contribution in [3.63, 3.8) is 0 Å². The number of para-hydroxylation sites is 2. The number of nitriles is 1. The Kier molecular flexibility index (Phi) is 2.79. The minimum atomic E-state index is 0.410. The Morgan fingerprint density at radius 2 is 1.90 bits per heavy atom. The van der Waals surface area contributed by atoms with Gasteiger partial charge in [0.15, 0.2) is 5.65 Å². The minimum Gasteiger partial charge on any atom is -0.384 e. The van der Waals surface area contributed by atoms with Crippen LogP contribution >= 0.6 is 0 Å². The van der Waals surface area contributed by atoms with Crippen LogP contribution in [0.3, 0.4) is 0 Å². The summed E-state index contributed by atoms with van der Waals surface area (Å²) in [4.78, 5) is 9.18. The molecule has 100 valence electrons. The predicted octanol–water partition coefficient (Wildman–Crippen LogP) is 2.69. The van der Waals surface area contributed by atoms with Gasteiger partial charge < -0.3 is 10.3 Å². The normalized spacial score (nSPS) is 11.3. The first-order chi connectivity index (χ1) is 9.61. The van der Waals surface area contributed by atoms with Crippen LogP contribution in [0.4, 0.5) is 5.82 Å². The first kappa shape index (κ1) is 12.4. The molecular formula is C15H15N5. The molecule has 2 heterocycles. The average molecular weight is 265 g/mol. The largest absolute Gasteiger partial charge is 0.384 e. The quantitative estimate of drug-likeness (QED) is 0.772. The van der Waals surface area contributed by atoms with Crippen LogP contribution in [-0.4, -0.2) is 14.5 Å². The smallest absolute Gasteiger partial charge is 0.162 e. The van der Waals surface area contributed by atoms with E-state index in [-0.39, 0.29) is 0 Å². The molecule has 2 N–H and O–H groups in total. The van der Waals surface area contributed by atoms with Gasteiger partial charge >= 0.3 is 0 Å². The fourth-order valence-electron chi connectivity index (χ4n) is 2.38. The van der Waals surface area contributed by atoms with Crippen LogP contribution in [0.5, 0.6) is 0 Å². The Labute approximate surface area is 116 Å². The van der Waals surface area contributed by atoms with Crippen molar-refractivity contribution in [2.75, 3.05) is 5.73 Å². The summed E-state index contributed by atoms with van der Waals surface area (Å²) < 4.78 is 1.89. The first-order valence-corrected chi connectivity index (χ1v) is 6.56. The number of benzene rings is 1. The molecule has 5 heteroatoms. The first-order valence-electron chi connectivity index (χ1n) is 6.56. The summed E-state index contributed by atoms with van der Waals surface area (Å²) in [6, 6.07) is 9.78. The van der Waals surface area contributed by atoms with Gasteiger partial charge in [0.1, 0.15) is 23.0 Å². The fourth-order valence-corrected chi connectivity index (χ4v) is 2.38. The van der Waals surface area contributed by atoms with Gasteiger partial charge in [-0.2, -0.15) is 5.26 Å². The number of nitrogen functional groups attached to an aromatic ring is 1. The van der Waals surface area contributed by atoms with E-state index < -0.39 is 0 Å². The van der Waals surface area contributed by atoms with Crippen molar-refractivity contribution in [3.8, 4) is 6.07 Å². The maximum absolute atomic E-state index is 9.32. The van der Waals surface area contributed by atoms with Crippen molar-refractivity contribution in [3.05, 3.63) is 29.8 Å². The SMILES string of the molecule is CC(C)Cn1c(N)c(C#N)c2nc3ccccc3nc21. The Hall–Kier alpha value is -2.61. The van der Waals surface area contributed by atoms with Gasteiger partial charge in [0.25, 0.3) is 0 Å². The van der Waals surface area contributed by atoms with Gasteiger partial charge in [0.2, 0.25) is 0 Å². The Morgan fingerprint density at radius 3 is 2.50 bits per heavy atom. The molecule has 0 unspecified atom stereocenters. The summed E-state index contributed by atoms with van der Waals surface area (Å²) in [7, 11) is 0. The zero-order valence-electron chi connectivity index (χ0n) is 11.5. The van der Waals surface area contributed by atoms with Crippen LogP contribution < -0.4 is 5.73 Å². The van der Waals surface area contributed by atoms with Gasteiger partial charge in [-0.05, 0) is 18.1 Å². The fraction of sp³-hybridized carbons (Fsp3) is 0.267. The molecule has 0 aliphatic heterocycles. The number of rotatable bonds is 2. The zero-order chi connectivity index (χ0) is 14.3. The second-order valence-electron chi connectivity index (χ2n) is 5.26. The van der Waals surface area contributed by atoms with Gasteiger partial charge in [-0.1, -0.05) is 26.0 Å². The van der Waals surface area contributed by atoms with Crippen molar-refractivity contribution in [1.29, 1.82) is 5.26 Å². The molecule has 0 saturated heterocycles. The van der Waals surface area contributed by atoms with Crippen LogP contribution in [0.15, 0.2) is 24.3 Å². The third-order valence-corrected chi connectivity index (χ3v) is 3.25. The summed E-state index contributed by atoms with van der Waals surface area (Å²) in [5.41, 5.74) is 9.38. The van der Waals surface area contributed by atoms with Crippen molar-refractivity contribution in [2.24, 2.45) is 5.92 Å². The third-order valence-electron chi connectivity index (χ3n) is 3.25. The van der Waals surface area contributed by atoms with E-state index in [1.165, 1.54) is 0 Å². The molecule has 0 radical (unpaired) electrons. The highest BCUT2D eigenvalue weighted by atomic mass is 15.1. The number of anilines is 1. The summed E-state index contributed by atoms with van der Waals surface area (Å²) in [5, 5.41) is 9.32. The summed E-state index contributed by atoms with van der Waals surface area (Å²) in [6.45, 7) is 4.93. The van der Waals surface area contributed by atoms with Crippen LogP contribution in [-0.2, 0) is 6.54 Å². The lowest BCUT2D eigenvalue weighted by atomic mass is 10.2. The van der Waals surface area contributed by atoms with Crippen molar-refractivity contribution < 1.29 is 0 Å². The van der Waals surface area contributed by atoms with Crippen LogP contribution in [0.2, 0.25) is 0 Å². The van der Waals surface area contributed by atoms with Crippen LogP contribution in [0, 0.1) is 17.2 Å². The highest BCUT2D eigenvalue weighted by Gasteiger charge is 2.18. The Bertz CT molecular complexity index is 839. The average Bonchev–Trinajstić information content (AvgIpc) is 2.68. The molecule has 3 aromatic rings. The molecule has 0 aliphatic rings. The van der Waals surface area contributed by atoms with E-state index >= 15 is 0 Å². The van der Waals surface area contributed by atoms with E-state index in [2.05, 4.69) is 29.9 Å². The molecule has 0 bridgehead atoms. The second kappa shape index (κ2) is 4.49. The van der Waals surface area contributed by atoms with Crippen molar-refractivity contribution in [1.82, 2.24) is 14.5 Å². The van der Waals surface area contributed by atoms with Gasteiger partial charge in [-0.25, -0.2) is 9.97 Å². The lowest BCUT2D eigenvalue weighted by Crippen LogP contribution is -2.08. The number of fused-ring (bicyclic) bond motifs is 2. The maximum atomic E-state index is 9.32. The molecule has 20 heavy (non-hydrogen) atoms. The van der Waals surface area contributed by atoms with Gasteiger partial charge in [0.05, 0.1) is 11.0 Å². The Balaban J connectivity index is 2.41. The molecule has 0 saturated carbocycles. The summed E-state index contributed by atoms with van der Waals surface area (Å²) in [5.74, 6) is 0.860. The van der Waals surface area contributed by atoms with Gasteiger partial charge in [-0.3, -0.25) is 0 Å². The van der Waals surface area contributed by atoms with Crippen LogP contribution in [0.25, 0.3) is 22.2 Å². The summed E-state index contributed by atoms with van der Waals surface area (Å²) >= 11 is 0. The Morgan fingerprint density at radius 1 is 1.25 bits per heavy atom. The van der Waals surface area contributed by atoms with E-state index in [1.807, 2.05) is 28.8 Å². The zero-order valence-corrected chi connectivity index (χ0v) is 11.5. The van der Waals surface area contributed by atoms with Crippen molar-refractivity contribution in [2.45, 2.75) is 20.4 Å². The molecule has 0 spiro atoms. The number of nitrogens with two attached hydrogens (primary N) is 1. The summed E-state index contributed by atoms with van der Waals surface area (Å²) in [6.07, 6.45) is 0. The number of hydrogen-bond donors (Lipinski definition) is 1. The molecule has 0 fully saturated rings. The second-order valence-corrected chi connectivity index (χ2v) is 5.26. The lowest BCUT2D eigenvalue weighted by Gasteiger charge is -2.09. The number of nitrogens with zero attached hydrogens (tertiary/aromatic N) is 4. The van der Waals surface area contributed by atoms with E-state index in [9.17, 15) is 5.26 Å². The van der Waals surface area contributed by atoms with Gasteiger partial charge in [-0.15, -0.1) is 0 Å². The minimum absolute atomic E-state index is 0.410. The molecule has 1 aromatic carbocycles. The molecule has 0 atom stereocenters. The maximum Gasteiger partial charge on any atom is 0.162 e. The van der Waals surface area contributed by atoms with E-state index in [0.29, 0.717) is 28.5 Å². The highest BCUT2D eigenvalue weighted by Crippen LogP contribution is 2.27. The van der Waals surface area contributed by atoms with Crippen LogP contribution in [0.1, 0.15) is 19.4 Å². The molecule has 3 rings (SSSR count). The number of hydrogen-bond acceptors (Lipinski definition) is 4. The number of aromatic nitrogens is 3. The van der Waals surface area contributed by atoms with Gasteiger partial charge in [0, 0.05) is 6.54 Å². The monoisotopic (exact) mass is 265 g/mol. The standard InChI is InChI=1S/C15H15N5/c1-9(2)8-20-14(17)10(7-16)13-15(20)19-12-6-4-3-5-11(12)18-13/h3-6,9H,8,17H2,1-2H3. The van der Waals surface area contributed by atoms with Crippen molar-refractivity contribution >= 4 is 28.0 Å². The molecule has 0 aliphatic carbocycles. The lowest BCUT2D eigenvalue weighted by molar-refractivity contribution is 0.537. The molecular weight excluding hydrogens is 250 g/mol. The predicted molar refractivity (Wildman–Crippen MR) is 79.0 cm³/mol. The van der Waals surface area contributed by atoms with E-state index in [1.54, 1.807) is 0 Å². The highest BCUT2D eigenvalue weighted by molar-refractivity contribution is 5.92. The van der Waals surface area contributed by atoms with E-state index in [4.69, 9.17) is 5.73 Å². The molecule has 5 nitrogen and oxygen atoms in total. The van der Waals surface area contributed by atoms with E-state index in [0.717, 1.165) is 17.6 Å².